The number of rotatable bonds is 5. The van der Waals surface area contributed by atoms with Crippen LogP contribution >= 0.6 is 0 Å². The lowest BCUT2D eigenvalue weighted by Gasteiger charge is -2.14. The first kappa shape index (κ1) is 21.8. The lowest BCUT2D eigenvalue weighted by Crippen LogP contribution is -2.29. The van der Waals surface area contributed by atoms with Gasteiger partial charge in [0.15, 0.2) is 0 Å². The Bertz CT molecular complexity index is 1360. The zero-order chi connectivity index (χ0) is 23.5. The number of aryl methyl sites for hydroxylation is 1. The molecule has 4 aromatic rings. The van der Waals surface area contributed by atoms with Gasteiger partial charge in [0.2, 0.25) is 0 Å². The highest BCUT2D eigenvalue weighted by molar-refractivity contribution is 5.99. The molecule has 1 atom stereocenters. The summed E-state index contributed by atoms with van der Waals surface area (Å²) in [6.45, 7) is 0.490. The first-order chi connectivity index (χ1) is 16.6. The summed E-state index contributed by atoms with van der Waals surface area (Å²) >= 11 is 0. The van der Waals surface area contributed by atoms with E-state index in [1.807, 2.05) is 30.3 Å². The van der Waals surface area contributed by atoms with Crippen molar-refractivity contribution in [3.05, 3.63) is 93.8 Å². The second kappa shape index (κ2) is 9.43. The molecule has 0 spiro atoms. The molecule has 0 aliphatic heterocycles. The minimum atomic E-state index is -0.340. The lowest BCUT2D eigenvalue weighted by molar-refractivity contribution is 0.0946. The predicted molar refractivity (Wildman–Crippen MR) is 127 cm³/mol. The fraction of sp³-hybridized carbons (Fsp3) is 0.231. The molecule has 1 amide bonds. The van der Waals surface area contributed by atoms with E-state index in [0.29, 0.717) is 42.0 Å². The van der Waals surface area contributed by atoms with E-state index in [2.05, 4.69) is 20.5 Å². The van der Waals surface area contributed by atoms with Gasteiger partial charge in [0.25, 0.3) is 11.5 Å². The molecule has 0 fully saturated rings. The van der Waals surface area contributed by atoms with Gasteiger partial charge in [-0.15, -0.1) is 0 Å². The molecule has 3 N–H and O–H groups in total. The Morgan fingerprint density at radius 3 is 2.59 bits per heavy atom. The lowest BCUT2D eigenvalue weighted by atomic mass is 9.99. The first-order valence-corrected chi connectivity index (χ1v) is 11.3. The molecule has 2 aromatic heterocycles. The first-order valence-electron chi connectivity index (χ1n) is 11.3. The number of aromatic amines is 2. The van der Waals surface area contributed by atoms with Gasteiger partial charge in [0, 0.05) is 23.2 Å². The van der Waals surface area contributed by atoms with Crippen LogP contribution in [0, 0.1) is 11.7 Å². The van der Waals surface area contributed by atoms with Gasteiger partial charge in [0.1, 0.15) is 11.6 Å². The predicted octanol–water partition coefficient (Wildman–Crippen LogP) is 3.89. The van der Waals surface area contributed by atoms with Gasteiger partial charge >= 0.3 is 0 Å². The van der Waals surface area contributed by atoms with Gasteiger partial charge in [-0.3, -0.25) is 14.7 Å². The van der Waals surface area contributed by atoms with Crippen molar-refractivity contribution in [3.63, 3.8) is 0 Å². The zero-order valence-electron chi connectivity index (χ0n) is 18.5. The highest BCUT2D eigenvalue weighted by atomic mass is 19.1. The molecule has 0 saturated carbocycles. The monoisotopic (exact) mass is 457 g/mol. The van der Waals surface area contributed by atoms with E-state index in [4.69, 9.17) is 4.98 Å². The summed E-state index contributed by atoms with van der Waals surface area (Å²) < 4.78 is 13.2. The summed E-state index contributed by atoms with van der Waals surface area (Å²) in [5, 5.41) is 9.83. The van der Waals surface area contributed by atoms with Crippen molar-refractivity contribution in [1.29, 1.82) is 0 Å². The minimum absolute atomic E-state index is 0.0872. The van der Waals surface area contributed by atoms with Crippen LogP contribution in [-0.2, 0) is 12.8 Å². The largest absolute Gasteiger partial charge is 0.352 e. The fourth-order valence-electron chi connectivity index (χ4n) is 4.41. The number of carbonyl (C=O) groups excluding carboxylic acids is 1. The summed E-state index contributed by atoms with van der Waals surface area (Å²) in [5.74, 6) is 0.230. The van der Waals surface area contributed by atoms with E-state index >= 15 is 0 Å². The Hall–Kier alpha value is -4.07. The summed E-state index contributed by atoms with van der Waals surface area (Å²) in [6, 6.07) is 15.5. The Kier molecular flexibility index (Phi) is 6.03. The van der Waals surface area contributed by atoms with Gasteiger partial charge in [0.05, 0.1) is 23.1 Å². The number of nitrogens with one attached hydrogen (secondary N) is 3. The van der Waals surface area contributed by atoms with E-state index < -0.39 is 0 Å². The van der Waals surface area contributed by atoms with Crippen LogP contribution in [-0.4, -0.2) is 32.6 Å². The number of halogens is 1. The molecule has 2 aromatic carbocycles. The van der Waals surface area contributed by atoms with Gasteiger partial charge in [-0.25, -0.2) is 9.37 Å². The van der Waals surface area contributed by atoms with Gasteiger partial charge in [-0.05, 0) is 55.9 Å². The highest BCUT2D eigenvalue weighted by Gasteiger charge is 2.22. The van der Waals surface area contributed by atoms with Crippen LogP contribution < -0.4 is 10.9 Å². The smallest absolute Gasteiger partial charge is 0.255 e. The number of amides is 1. The minimum Gasteiger partial charge on any atom is -0.352 e. The number of hydrogen-bond acceptors (Lipinski definition) is 4. The molecular weight excluding hydrogens is 433 g/mol. The van der Waals surface area contributed by atoms with Crippen LogP contribution in [0.3, 0.4) is 0 Å². The quantitative estimate of drug-likeness (QED) is 0.396. The summed E-state index contributed by atoms with van der Waals surface area (Å²) in [6.07, 6.45) is 4.41. The SMILES string of the molecule is O=C(NCC1CCc2nc(-c3ccccc3)[nH]c(=O)c2CC1)c1cn[nH]c1-c1ccc(F)cc1. The van der Waals surface area contributed by atoms with Crippen molar-refractivity contribution < 1.29 is 9.18 Å². The summed E-state index contributed by atoms with van der Waals surface area (Å²) in [4.78, 5) is 33.3. The summed E-state index contributed by atoms with van der Waals surface area (Å²) in [7, 11) is 0. The fourth-order valence-corrected chi connectivity index (χ4v) is 4.41. The van der Waals surface area contributed by atoms with Crippen molar-refractivity contribution in [1.82, 2.24) is 25.5 Å². The van der Waals surface area contributed by atoms with E-state index in [1.54, 1.807) is 12.1 Å². The number of carbonyl (C=O) groups is 1. The maximum Gasteiger partial charge on any atom is 0.255 e. The van der Waals surface area contributed by atoms with Crippen molar-refractivity contribution in [2.24, 2.45) is 5.92 Å². The van der Waals surface area contributed by atoms with E-state index in [1.165, 1.54) is 18.3 Å². The number of aromatic nitrogens is 4. The van der Waals surface area contributed by atoms with E-state index in [0.717, 1.165) is 29.7 Å². The second-order valence-electron chi connectivity index (χ2n) is 8.52. The molecule has 2 heterocycles. The number of fused-ring (bicyclic) bond motifs is 1. The number of H-pyrrole nitrogens is 2. The van der Waals surface area contributed by atoms with Crippen LogP contribution in [0.4, 0.5) is 4.39 Å². The maximum atomic E-state index is 13.2. The van der Waals surface area contributed by atoms with Gasteiger partial charge < -0.3 is 10.3 Å². The van der Waals surface area contributed by atoms with Crippen LogP contribution in [0.25, 0.3) is 22.6 Å². The van der Waals surface area contributed by atoms with Crippen molar-refractivity contribution >= 4 is 5.91 Å². The van der Waals surface area contributed by atoms with Crippen LogP contribution in [0.15, 0.2) is 65.6 Å². The normalized spacial score (nSPS) is 15.4. The topological polar surface area (TPSA) is 104 Å². The summed E-state index contributed by atoms with van der Waals surface area (Å²) in [5.41, 5.74) is 4.02. The zero-order valence-corrected chi connectivity index (χ0v) is 18.5. The molecule has 1 aliphatic rings. The molecule has 0 radical (unpaired) electrons. The molecule has 5 rings (SSSR count). The molecule has 7 nitrogen and oxygen atoms in total. The Morgan fingerprint density at radius 2 is 1.79 bits per heavy atom. The molecule has 0 bridgehead atoms. The number of nitrogens with zero attached hydrogens (tertiary/aromatic N) is 2. The Balaban J connectivity index is 1.25. The molecular formula is C26H24FN5O2. The van der Waals surface area contributed by atoms with Crippen LogP contribution in [0.5, 0.6) is 0 Å². The molecule has 1 aliphatic carbocycles. The van der Waals surface area contributed by atoms with Crippen LogP contribution in [0.1, 0.15) is 34.5 Å². The average molecular weight is 458 g/mol. The third-order valence-corrected chi connectivity index (χ3v) is 6.31. The molecule has 1 unspecified atom stereocenters. The highest BCUT2D eigenvalue weighted by Crippen LogP contribution is 2.24. The third kappa shape index (κ3) is 4.52. The Labute approximate surface area is 195 Å². The maximum absolute atomic E-state index is 13.2. The molecule has 34 heavy (non-hydrogen) atoms. The van der Waals surface area contributed by atoms with Gasteiger partial charge in [-0.1, -0.05) is 30.3 Å². The van der Waals surface area contributed by atoms with Crippen molar-refractivity contribution in [3.8, 4) is 22.6 Å². The molecule has 8 heteroatoms. The van der Waals surface area contributed by atoms with Gasteiger partial charge in [-0.2, -0.15) is 5.10 Å². The standard InChI is InChI=1S/C26H24FN5O2/c27-19-10-8-17(9-11-19)23-21(15-29-32-23)25(33)28-14-16-6-12-20-22(13-7-16)30-24(31-26(20)34)18-4-2-1-3-5-18/h1-5,8-11,15-16H,6-7,12-14H2,(H,28,33)(H,29,32)(H,30,31,34). The molecule has 0 saturated heterocycles. The second-order valence-corrected chi connectivity index (χ2v) is 8.52. The van der Waals surface area contributed by atoms with E-state index in [9.17, 15) is 14.0 Å². The Morgan fingerprint density at radius 1 is 1.03 bits per heavy atom. The van der Waals surface area contributed by atoms with Crippen molar-refractivity contribution in [2.45, 2.75) is 25.7 Å². The molecule has 172 valence electrons. The third-order valence-electron chi connectivity index (χ3n) is 6.31. The number of benzene rings is 2. The average Bonchev–Trinajstić information content (AvgIpc) is 3.25. The van der Waals surface area contributed by atoms with Crippen molar-refractivity contribution in [2.75, 3.05) is 6.54 Å². The van der Waals surface area contributed by atoms with E-state index in [-0.39, 0.29) is 23.2 Å². The number of hydrogen-bond donors (Lipinski definition) is 3. The van der Waals surface area contributed by atoms with Crippen LogP contribution in [0.2, 0.25) is 0 Å².